The minimum absolute atomic E-state index is 0.0893. The van der Waals surface area contributed by atoms with Gasteiger partial charge in [0.05, 0.1) is 10.7 Å². The van der Waals surface area contributed by atoms with E-state index in [9.17, 15) is 14.0 Å². The zero-order chi connectivity index (χ0) is 14.6. The third kappa shape index (κ3) is 4.10. The van der Waals surface area contributed by atoms with Crippen molar-refractivity contribution in [1.82, 2.24) is 4.90 Å². The fourth-order valence-electron chi connectivity index (χ4n) is 1.42. The van der Waals surface area contributed by atoms with E-state index in [1.807, 2.05) is 0 Å². The first kappa shape index (κ1) is 15.2. The van der Waals surface area contributed by atoms with E-state index in [-0.39, 0.29) is 16.8 Å². The number of amides is 2. The van der Waals surface area contributed by atoms with E-state index in [1.165, 1.54) is 18.2 Å². The summed E-state index contributed by atoms with van der Waals surface area (Å²) in [5.41, 5.74) is -0.0893. The van der Waals surface area contributed by atoms with E-state index < -0.39 is 24.4 Å². The van der Waals surface area contributed by atoms with Crippen molar-refractivity contribution in [1.29, 1.82) is 0 Å². The Labute approximate surface area is 115 Å². The van der Waals surface area contributed by atoms with Gasteiger partial charge in [0.1, 0.15) is 6.54 Å². The van der Waals surface area contributed by atoms with E-state index in [4.69, 9.17) is 16.7 Å². The van der Waals surface area contributed by atoms with Crippen molar-refractivity contribution < 1.29 is 19.1 Å². The lowest BCUT2D eigenvalue weighted by Gasteiger charge is -2.25. The Morgan fingerprint density at radius 3 is 2.63 bits per heavy atom. The van der Waals surface area contributed by atoms with Crippen LogP contribution < -0.4 is 5.32 Å². The summed E-state index contributed by atoms with van der Waals surface area (Å²) in [5, 5.41) is 10.9. The van der Waals surface area contributed by atoms with Gasteiger partial charge < -0.3 is 15.3 Å². The fraction of sp³-hybridized carbons (Fsp3) is 0.333. The summed E-state index contributed by atoms with van der Waals surface area (Å²) in [6.07, 6.45) is 0. The van der Waals surface area contributed by atoms with E-state index in [0.29, 0.717) is 0 Å². The summed E-state index contributed by atoms with van der Waals surface area (Å²) in [4.78, 5) is 23.6. The lowest BCUT2D eigenvalue weighted by Crippen LogP contribution is -2.43. The first-order chi connectivity index (χ1) is 8.82. The highest BCUT2D eigenvalue weighted by molar-refractivity contribution is 6.31. The van der Waals surface area contributed by atoms with E-state index in [2.05, 4.69) is 5.32 Å². The average Bonchev–Trinajstić information content (AvgIpc) is 2.31. The number of anilines is 1. The molecule has 0 heterocycles. The molecule has 5 nitrogen and oxygen atoms in total. The molecule has 0 aliphatic carbocycles. The first-order valence-corrected chi connectivity index (χ1v) is 5.94. The highest BCUT2D eigenvalue weighted by Crippen LogP contribution is 2.22. The van der Waals surface area contributed by atoms with Crippen LogP contribution in [0.5, 0.6) is 0 Å². The minimum Gasteiger partial charge on any atom is -0.480 e. The smallest absolute Gasteiger partial charge is 0.323 e. The quantitative estimate of drug-likeness (QED) is 0.895. The molecule has 0 fully saturated rings. The molecule has 0 spiro atoms. The van der Waals surface area contributed by atoms with Gasteiger partial charge in [0.15, 0.2) is 5.82 Å². The van der Waals surface area contributed by atoms with Gasteiger partial charge in [0, 0.05) is 6.04 Å². The molecule has 2 N–H and O–H groups in total. The molecule has 1 rings (SSSR count). The van der Waals surface area contributed by atoms with Gasteiger partial charge in [-0.25, -0.2) is 9.18 Å². The van der Waals surface area contributed by atoms with Crippen LogP contribution >= 0.6 is 11.6 Å². The van der Waals surface area contributed by atoms with Crippen LogP contribution in [0.25, 0.3) is 0 Å². The molecular weight excluding hydrogens is 275 g/mol. The van der Waals surface area contributed by atoms with Crippen LogP contribution in [0.2, 0.25) is 5.02 Å². The molecule has 1 aromatic rings. The third-order valence-corrected chi connectivity index (χ3v) is 2.67. The molecule has 0 saturated heterocycles. The molecule has 0 atom stereocenters. The number of halogens is 2. The van der Waals surface area contributed by atoms with E-state index >= 15 is 0 Å². The Kier molecular flexibility index (Phi) is 5.11. The maximum absolute atomic E-state index is 13.6. The Bertz CT molecular complexity index is 494. The molecule has 0 unspecified atom stereocenters. The summed E-state index contributed by atoms with van der Waals surface area (Å²) < 4.78 is 13.6. The molecule has 104 valence electrons. The van der Waals surface area contributed by atoms with Gasteiger partial charge in [0.2, 0.25) is 0 Å². The van der Waals surface area contributed by atoms with Crippen molar-refractivity contribution in [3.05, 3.63) is 29.0 Å². The monoisotopic (exact) mass is 288 g/mol. The van der Waals surface area contributed by atoms with Gasteiger partial charge in [-0.2, -0.15) is 0 Å². The van der Waals surface area contributed by atoms with Crippen LogP contribution in [-0.4, -0.2) is 34.6 Å². The Morgan fingerprint density at radius 1 is 1.47 bits per heavy atom. The molecule has 0 aliphatic heterocycles. The predicted molar refractivity (Wildman–Crippen MR) is 69.9 cm³/mol. The number of benzene rings is 1. The summed E-state index contributed by atoms with van der Waals surface area (Å²) in [6.45, 7) is 2.86. The molecule has 0 aromatic heterocycles. The van der Waals surface area contributed by atoms with Gasteiger partial charge in [0.25, 0.3) is 0 Å². The zero-order valence-corrected chi connectivity index (χ0v) is 11.2. The average molecular weight is 289 g/mol. The topological polar surface area (TPSA) is 69.6 Å². The number of carbonyl (C=O) groups excluding carboxylic acids is 1. The Morgan fingerprint density at radius 2 is 2.11 bits per heavy atom. The standard InChI is InChI=1S/C12H14ClFN2O3/c1-7(2)16(6-10(17)18)12(19)15-9-5-3-4-8(13)11(9)14/h3-5,7H,6H2,1-2H3,(H,15,19)(H,17,18). The van der Waals surface area contributed by atoms with Crippen molar-refractivity contribution in [3.8, 4) is 0 Å². The van der Waals surface area contributed by atoms with Crippen molar-refractivity contribution in [2.24, 2.45) is 0 Å². The normalized spacial score (nSPS) is 10.4. The van der Waals surface area contributed by atoms with Crippen LogP contribution in [0.3, 0.4) is 0 Å². The lowest BCUT2D eigenvalue weighted by atomic mass is 10.3. The summed E-state index contributed by atoms with van der Waals surface area (Å²) >= 11 is 5.59. The number of hydrogen-bond donors (Lipinski definition) is 2. The number of rotatable bonds is 4. The number of urea groups is 1. The molecule has 0 radical (unpaired) electrons. The summed E-state index contributed by atoms with van der Waals surface area (Å²) in [6, 6.07) is 3.15. The number of hydrogen-bond acceptors (Lipinski definition) is 2. The fourth-order valence-corrected chi connectivity index (χ4v) is 1.60. The SMILES string of the molecule is CC(C)N(CC(=O)O)C(=O)Nc1cccc(Cl)c1F. The second-order valence-corrected chi connectivity index (χ2v) is 4.55. The highest BCUT2D eigenvalue weighted by atomic mass is 35.5. The molecule has 0 bridgehead atoms. The zero-order valence-electron chi connectivity index (χ0n) is 10.5. The first-order valence-electron chi connectivity index (χ1n) is 5.56. The van der Waals surface area contributed by atoms with Gasteiger partial charge in [-0.1, -0.05) is 17.7 Å². The molecule has 2 amide bonds. The summed E-state index contributed by atoms with van der Waals surface area (Å²) in [7, 11) is 0. The molecule has 0 aliphatic rings. The van der Waals surface area contributed by atoms with E-state index in [1.54, 1.807) is 13.8 Å². The largest absolute Gasteiger partial charge is 0.480 e. The number of nitrogens with zero attached hydrogens (tertiary/aromatic N) is 1. The number of nitrogens with one attached hydrogen (secondary N) is 1. The number of carboxylic acid groups (broad SMARTS) is 1. The van der Waals surface area contributed by atoms with Crippen LogP contribution in [0.1, 0.15) is 13.8 Å². The van der Waals surface area contributed by atoms with Crippen LogP contribution in [0.15, 0.2) is 18.2 Å². The Hall–Kier alpha value is -1.82. The van der Waals surface area contributed by atoms with Gasteiger partial charge in [-0.05, 0) is 26.0 Å². The number of aliphatic carboxylic acids is 1. The highest BCUT2D eigenvalue weighted by Gasteiger charge is 2.21. The molecule has 19 heavy (non-hydrogen) atoms. The van der Waals surface area contributed by atoms with Crippen LogP contribution in [-0.2, 0) is 4.79 Å². The van der Waals surface area contributed by atoms with Crippen molar-refractivity contribution in [3.63, 3.8) is 0 Å². The third-order valence-electron chi connectivity index (χ3n) is 2.38. The molecule has 0 saturated carbocycles. The molecule has 1 aromatic carbocycles. The maximum atomic E-state index is 13.6. The van der Waals surface area contributed by atoms with Crippen LogP contribution in [0, 0.1) is 5.82 Å². The van der Waals surface area contributed by atoms with Crippen LogP contribution in [0.4, 0.5) is 14.9 Å². The second-order valence-electron chi connectivity index (χ2n) is 4.15. The van der Waals surface area contributed by atoms with Crippen molar-refractivity contribution in [2.75, 3.05) is 11.9 Å². The van der Waals surface area contributed by atoms with Gasteiger partial charge >= 0.3 is 12.0 Å². The van der Waals surface area contributed by atoms with Gasteiger partial charge in [-0.3, -0.25) is 4.79 Å². The maximum Gasteiger partial charge on any atom is 0.323 e. The minimum atomic E-state index is -1.14. The van der Waals surface area contributed by atoms with E-state index in [0.717, 1.165) is 4.90 Å². The second kappa shape index (κ2) is 6.38. The predicted octanol–water partition coefficient (Wildman–Crippen LogP) is 2.81. The summed E-state index contributed by atoms with van der Waals surface area (Å²) in [5.74, 6) is -1.90. The Balaban J connectivity index is 2.87. The van der Waals surface area contributed by atoms with Gasteiger partial charge in [-0.15, -0.1) is 0 Å². The van der Waals surface area contributed by atoms with Crippen molar-refractivity contribution >= 4 is 29.3 Å². The molecule has 7 heteroatoms. The lowest BCUT2D eigenvalue weighted by molar-refractivity contribution is -0.137. The number of carbonyl (C=O) groups is 2. The van der Waals surface area contributed by atoms with Crippen molar-refractivity contribution in [2.45, 2.75) is 19.9 Å². The molecular formula is C12H14ClFN2O3. The number of carboxylic acids is 1.